The number of amides is 2. The standard InChI is InChI=1S/C29H36N6O7S/c1-15-12-30-20(16(2)24(15)39-10)13-34-31-19-11-21(40-17(3)36)18-14-43-33-25(23(32-34)22(18)19)35(26(37)41-28(4,5)6)27(38)42-29(7,8)9/h11-12H,13-14H2,1-10H3. The minimum Gasteiger partial charge on any atom is -0.496 e. The van der Waals surface area contributed by atoms with Crippen molar-refractivity contribution in [3.63, 3.8) is 0 Å². The molecule has 0 radical (unpaired) electrons. The van der Waals surface area contributed by atoms with E-state index in [9.17, 15) is 14.4 Å². The fraction of sp³-hybridized carbons (Fsp3) is 0.483. The van der Waals surface area contributed by atoms with Crippen molar-refractivity contribution in [3.05, 3.63) is 40.3 Å². The average molecular weight is 613 g/mol. The van der Waals surface area contributed by atoms with E-state index in [0.29, 0.717) is 28.3 Å². The number of rotatable bonds is 4. The van der Waals surface area contributed by atoms with E-state index in [2.05, 4.69) is 14.5 Å². The van der Waals surface area contributed by atoms with E-state index in [1.807, 2.05) is 13.8 Å². The van der Waals surface area contributed by atoms with Crippen molar-refractivity contribution in [2.24, 2.45) is 4.40 Å². The molecule has 43 heavy (non-hydrogen) atoms. The number of hydrogen-bond acceptors (Lipinski definition) is 12. The van der Waals surface area contributed by atoms with Gasteiger partial charge in [0.25, 0.3) is 0 Å². The second-order valence-corrected chi connectivity index (χ2v) is 12.7. The van der Waals surface area contributed by atoms with Gasteiger partial charge < -0.3 is 18.9 Å². The summed E-state index contributed by atoms with van der Waals surface area (Å²) in [4.78, 5) is 45.8. The highest BCUT2D eigenvalue weighted by Crippen LogP contribution is 2.43. The lowest BCUT2D eigenvalue weighted by atomic mass is 10.1. The van der Waals surface area contributed by atoms with Crippen LogP contribution in [0.15, 0.2) is 16.7 Å². The van der Waals surface area contributed by atoms with Crippen LogP contribution >= 0.6 is 11.9 Å². The van der Waals surface area contributed by atoms with Gasteiger partial charge in [-0.15, -0.1) is 0 Å². The first kappa shape index (κ1) is 31.7. The highest BCUT2D eigenvalue weighted by molar-refractivity contribution is 7.97. The second-order valence-electron chi connectivity index (χ2n) is 12.0. The molecule has 3 aliphatic rings. The van der Waals surface area contributed by atoms with Crippen LogP contribution in [-0.2, 0) is 26.6 Å². The summed E-state index contributed by atoms with van der Waals surface area (Å²) in [5.74, 6) is 0.603. The van der Waals surface area contributed by atoms with Gasteiger partial charge in [0.2, 0.25) is 0 Å². The van der Waals surface area contributed by atoms with E-state index in [1.165, 1.54) is 11.7 Å². The van der Waals surface area contributed by atoms with Crippen LogP contribution in [0.1, 0.15) is 76.5 Å². The Morgan fingerprint density at radius 1 is 1.02 bits per heavy atom. The molecule has 0 spiro atoms. The molecule has 230 valence electrons. The number of nitrogens with zero attached hydrogens (tertiary/aromatic N) is 6. The lowest BCUT2D eigenvalue weighted by molar-refractivity contribution is -0.131. The molecular formula is C29H36N6O7S. The quantitative estimate of drug-likeness (QED) is 0.273. The van der Waals surface area contributed by atoms with E-state index in [0.717, 1.165) is 28.0 Å². The second kappa shape index (κ2) is 11.8. The van der Waals surface area contributed by atoms with Crippen molar-refractivity contribution in [3.8, 4) is 22.8 Å². The topological polar surface area (TPSA) is 147 Å². The molecule has 1 aromatic rings. The third kappa shape index (κ3) is 7.07. The van der Waals surface area contributed by atoms with E-state index in [1.54, 1.807) is 60.9 Å². The summed E-state index contributed by atoms with van der Waals surface area (Å²) in [5, 5.41) is 9.42. The normalized spacial score (nSPS) is 13.2. The number of amidine groups is 1. The van der Waals surface area contributed by atoms with Gasteiger partial charge in [-0.25, -0.2) is 9.59 Å². The molecule has 0 N–H and O–H groups in total. The van der Waals surface area contributed by atoms with E-state index in [-0.39, 0.29) is 29.6 Å². The maximum Gasteiger partial charge on any atom is 0.425 e. The molecule has 1 aliphatic carbocycles. The Morgan fingerprint density at radius 3 is 2.21 bits per heavy atom. The van der Waals surface area contributed by atoms with E-state index < -0.39 is 29.4 Å². The number of pyridine rings is 1. The molecule has 0 bridgehead atoms. The predicted molar refractivity (Wildman–Crippen MR) is 159 cm³/mol. The van der Waals surface area contributed by atoms with Crippen LogP contribution in [0.2, 0.25) is 0 Å². The van der Waals surface area contributed by atoms with Crippen LogP contribution in [0, 0.1) is 13.8 Å². The number of hydrogen-bond donors (Lipinski definition) is 0. The fourth-order valence-corrected chi connectivity index (χ4v) is 5.18. The van der Waals surface area contributed by atoms with E-state index >= 15 is 0 Å². The molecule has 4 rings (SSSR count). The Labute approximate surface area is 254 Å². The van der Waals surface area contributed by atoms with Crippen LogP contribution in [-0.4, -0.2) is 67.2 Å². The van der Waals surface area contributed by atoms with Crippen molar-refractivity contribution < 1.29 is 33.3 Å². The number of esters is 1. The number of ether oxygens (including phenoxy) is 4. The maximum atomic E-state index is 13.6. The summed E-state index contributed by atoms with van der Waals surface area (Å²) in [6.45, 7) is 15.3. The molecule has 2 aliphatic heterocycles. The van der Waals surface area contributed by atoms with Gasteiger partial charge in [-0.1, -0.05) is 0 Å². The van der Waals surface area contributed by atoms with Crippen molar-refractivity contribution in [1.29, 1.82) is 0 Å². The average Bonchev–Trinajstić information content (AvgIpc) is 3.06. The molecule has 0 saturated heterocycles. The van der Waals surface area contributed by atoms with Crippen molar-refractivity contribution in [1.82, 2.24) is 24.9 Å². The largest absolute Gasteiger partial charge is 0.496 e. The number of carbonyl (C=O) groups is 3. The molecule has 0 unspecified atom stereocenters. The smallest absolute Gasteiger partial charge is 0.425 e. The van der Waals surface area contributed by atoms with Crippen LogP contribution in [0.4, 0.5) is 9.59 Å². The predicted octanol–water partition coefficient (Wildman–Crippen LogP) is 5.46. The van der Waals surface area contributed by atoms with Crippen LogP contribution < -0.4 is 9.47 Å². The van der Waals surface area contributed by atoms with Gasteiger partial charge in [0.1, 0.15) is 34.9 Å². The summed E-state index contributed by atoms with van der Waals surface area (Å²) < 4.78 is 26.8. The summed E-state index contributed by atoms with van der Waals surface area (Å²) >= 11 is 1.05. The molecule has 0 saturated carbocycles. The summed E-state index contributed by atoms with van der Waals surface area (Å²) in [7, 11) is 1.59. The Morgan fingerprint density at radius 2 is 1.65 bits per heavy atom. The van der Waals surface area contributed by atoms with Gasteiger partial charge in [0.15, 0.2) is 5.84 Å². The zero-order valence-electron chi connectivity index (χ0n) is 26.0. The Hall–Kier alpha value is -4.20. The Bertz CT molecular complexity index is 1560. The van der Waals surface area contributed by atoms with Crippen molar-refractivity contribution >= 4 is 35.9 Å². The highest BCUT2D eigenvalue weighted by atomic mass is 32.2. The summed E-state index contributed by atoms with van der Waals surface area (Å²) in [6.07, 6.45) is -0.281. The molecule has 1 aromatic heterocycles. The molecule has 14 heteroatoms. The molecular weight excluding hydrogens is 576 g/mol. The first-order chi connectivity index (χ1) is 20.0. The molecule has 3 heterocycles. The Balaban J connectivity index is 1.94. The molecule has 0 aromatic carbocycles. The zero-order chi connectivity index (χ0) is 31.9. The van der Waals surface area contributed by atoms with Gasteiger partial charge in [-0.3, -0.25) is 9.78 Å². The maximum absolute atomic E-state index is 13.6. The third-order valence-electron chi connectivity index (χ3n) is 6.03. The molecule has 0 fully saturated rings. The third-order valence-corrected chi connectivity index (χ3v) is 6.75. The lowest BCUT2D eigenvalue weighted by Gasteiger charge is -2.29. The van der Waals surface area contributed by atoms with Gasteiger partial charge in [-0.2, -0.15) is 24.3 Å². The van der Waals surface area contributed by atoms with Crippen LogP contribution in [0.3, 0.4) is 0 Å². The monoisotopic (exact) mass is 612 g/mol. The number of imide groups is 1. The summed E-state index contributed by atoms with van der Waals surface area (Å²) in [5.41, 5.74) is 2.09. The van der Waals surface area contributed by atoms with Gasteiger partial charge >= 0.3 is 18.2 Å². The highest BCUT2D eigenvalue weighted by Gasteiger charge is 2.40. The zero-order valence-corrected chi connectivity index (χ0v) is 26.8. The SMILES string of the molecule is COc1c(C)cnc(Cn2nc3cc(OC(C)=O)c4c-3c(n2)C(N(C(=O)OC(C)(C)C)C(=O)OC(C)(C)C)=NSC4)c1C. The summed E-state index contributed by atoms with van der Waals surface area (Å²) in [6, 6.07) is 1.62. The van der Waals surface area contributed by atoms with Gasteiger partial charge in [0, 0.05) is 47.2 Å². The van der Waals surface area contributed by atoms with E-state index in [4.69, 9.17) is 24.0 Å². The van der Waals surface area contributed by atoms with Crippen LogP contribution in [0.25, 0.3) is 11.3 Å². The van der Waals surface area contributed by atoms with Gasteiger partial charge in [0.05, 0.1) is 18.5 Å². The minimum absolute atomic E-state index is 0.112. The Kier molecular flexibility index (Phi) is 8.72. The molecule has 2 amide bonds. The number of carbonyl (C=O) groups excluding carboxylic acids is 3. The number of aryl methyl sites for hydroxylation is 1. The first-order valence-corrected chi connectivity index (χ1v) is 14.5. The number of aromatic nitrogens is 4. The lowest BCUT2D eigenvalue weighted by Crippen LogP contribution is -2.47. The molecule has 13 nitrogen and oxygen atoms in total. The first-order valence-electron chi connectivity index (χ1n) is 13.5. The fourth-order valence-electron chi connectivity index (χ4n) is 4.41. The van der Waals surface area contributed by atoms with Crippen molar-refractivity contribution in [2.75, 3.05) is 7.11 Å². The van der Waals surface area contributed by atoms with Gasteiger partial charge in [-0.05, 0) is 67.3 Å². The molecule has 0 atom stereocenters. The minimum atomic E-state index is -0.990. The van der Waals surface area contributed by atoms with Crippen molar-refractivity contribution in [2.45, 2.75) is 85.8 Å². The van der Waals surface area contributed by atoms with Crippen LogP contribution in [0.5, 0.6) is 11.5 Å². The number of methoxy groups -OCH3 is 1.